The molecule has 0 aromatic carbocycles. The van der Waals surface area contributed by atoms with E-state index in [4.69, 9.17) is 0 Å². The second-order valence-corrected chi connectivity index (χ2v) is 5.71. The standard InChI is InChI=1S/C12H15N3O5S/c1-7(16)10-5-9(15(18)19)11(21-10)14-4-3-8(6-14)13-12(17)20-2/h5,8H,3-4,6H2,1-2H3,(H,13,17). The molecule has 114 valence electrons. The van der Waals surface area contributed by atoms with Crippen molar-refractivity contribution in [3.63, 3.8) is 0 Å². The lowest BCUT2D eigenvalue weighted by atomic mass is 10.3. The Hall–Kier alpha value is -2.16. The van der Waals surface area contributed by atoms with Crippen LogP contribution in [-0.4, -0.2) is 43.0 Å². The normalized spacial score (nSPS) is 17.6. The third-order valence-corrected chi connectivity index (χ3v) is 4.51. The molecule has 8 nitrogen and oxygen atoms in total. The molecule has 1 atom stereocenters. The molecule has 1 aromatic heterocycles. The Bertz CT molecular complexity index is 585. The summed E-state index contributed by atoms with van der Waals surface area (Å²) in [6, 6.07) is 1.18. The van der Waals surface area contributed by atoms with E-state index in [1.54, 1.807) is 0 Å². The number of thiophene rings is 1. The molecule has 2 heterocycles. The summed E-state index contributed by atoms with van der Waals surface area (Å²) in [7, 11) is 1.28. The van der Waals surface area contributed by atoms with Crippen LogP contribution in [0.4, 0.5) is 15.5 Å². The Morgan fingerprint density at radius 2 is 2.29 bits per heavy atom. The number of rotatable bonds is 4. The number of carbonyl (C=O) groups is 2. The number of amides is 1. The van der Waals surface area contributed by atoms with Crippen molar-refractivity contribution in [3.8, 4) is 0 Å². The summed E-state index contributed by atoms with van der Waals surface area (Å²) in [5.41, 5.74) is -0.0658. The van der Waals surface area contributed by atoms with Crippen molar-refractivity contribution in [1.29, 1.82) is 0 Å². The predicted molar refractivity (Wildman–Crippen MR) is 77.1 cm³/mol. The molecule has 1 aromatic rings. The number of ketones is 1. The fourth-order valence-electron chi connectivity index (χ4n) is 2.19. The van der Waals surface area contributed by atoms with Gasteiger partial charge in [-0.25, -0.2) is 4.79 Å². The maximum absolute atomic E-state index is 11.4. The van der Waals surface area contributed by atoms with Crippen molar-refractivity contribution in [3.05, 3.63) is 21.1 Å². The first-order valence-electron chi connectivity index (χ1n) is 6.31. The van der Waals surface area contributed by atoms with E-state index in [2.05, 4.69) is 10.1 Å². The van der Waals surface area contributed by atoms with Gasteiger partial charge in [0.15, 0.2) is 10.8 Å². The number of carbonyl (C=O) groups excluding carboxylic acids is 2. The molecule has 1 saturated heterocycles. The molecule has 1 unspecified atom stereocenters. The molecular weight excluding hydrogens is 298 g/mol. The van der Waals surface area contributed by atoms with Crippen LogP contribution in [0, 0.1) is 10.1 Å². The lowest BCUT2D eigenvalue weighted by molar-refractivity contribution is -0.383. The van der Waals surface area contributed by atoms with Crippen LogP contribution < -0.4 is 10.2 Å². The first-order valence-corrected chi connectivity index (χ1v) is 7.12. The average Bonchev–Trinajstić information content (AvgIpc) is 3.04. The van der Waals surface area contributed by atoms with E-state index in [0.717, 1.165) is 11.3 Å². The zero-order valence-corrected chi connectivity index (χ0v) is 12.4. The smallest absolute Gasteiger partial charge is 0.407 e. The molecule has 0 radical (unpaired) electrons. The van der Waals surface area contributed by atoms with Crippen LogP contribution in [0.25, 0.3) is 0 Å². The fraction of sp³-hybridized carbons (Fsp3) is 0.500. The van der Waals surface area contributed by atoms with E-state index in [1.807, 2.05) is 4.90 Å². The third kappa shape index (κ3) is 3.30. The topological polar surface area (TPSA) is 102 Å². The molecule has 0 bridgehead atoms. The van der Waals surface area contributed by atoms with Crippen molar-refractivity contribution in [2.24, 2.45) is 0 Å². The molecule has 2 rings (SSSR count). The molecule has 0 saturated carbocycles. The van der Waals surface area contributed by atoms with Gasteiger partial charge in [0, 0.05) is 19.2 Å². The molecule has 1 aliphatic heterocycles. The number of alkyl carbamates (subject to hydrolysis) is 1. The minimum absolute atomic E-state index is 0.0658. The van der Waals surface area contributed by atoms with Crippen LogP contribution in [0.2, 0.25) is 0 Å². The van der Waals surface area contributed by atoms with E-state index in [9.17, 15) is 19.7 Å². The van der Waals surface area contributed by atoms with E-state index in [1.165, 1.54) is 20.1 Å². The summed E-state index contributed by atoms with van der Waals surface area (Å²) in [5, 5.41) is 14.2. The summed E-state index contributed by atoms with van der Waals surface area (Å²) >= 11 is 1.11. The van der Waals surface area contributed by atoms with Gasteiger partial charge >= 0.3 is 11.8 Å². The lowest BCUT2D eigenvalue weighted by Crippen LogP contribution is -2.36. The van der Waals surface area contributed by atoms with Crippen LogP contribution >= 0.6 is 11.3 Å². The maximum Gasteiger partial charge on any atom is 0.407 e. The van der Waals surface area contributed by atoms with Crippen LogP contribution in [0.1, 0.15) is 23.0 Å². The van der Waals surface area contributed by atoms with Gasteiger partial charge < -0.3 is 15.0 Å². The number of anilines is 1. The number of nitrogens with one attached hydrogen (secondary N) is 1. The highest BCUT2D eigenvalue weighted by molar-refractivity contribution is 7.18. The Morgan fingerprint density at radius 1 is 1.57 bits per heavy atom. The number of hydrogen-bond donors (Lipinski definition) is 1. The third-order valence-electron chi connectivity index (χ3n) is 3.22. The molecule has 1 amide bonds. The van der Waals surface area contributed by atoms with Gasteiger partial charge in [-0.1, -0.05) is 0 Å². The number of methoxy groups -OCH3 is 1. The summed E-state index contributed by atoms with van der Waals surface area (Å²) in [6.45, 7) is 2.41. The van der Waals surface area contributed by atoms with E-state index < -0.39 is 11.0 Å². The summed E-state index contributed by atoms with van der Waals surface area (Å²) in [5.74, 6) is -0.196. The molecule has 0 spiro atoms. The SMILES string of the molecule is COC(=O)NC1CCN(c2sc(C(C)=O)cc2[N+](=O)[O-])C1. The molecule has 21 heavy (non-hydrogen) atoms. The largest absolute Gasteiger partial charge is 0.453 e. The van der Waals surface area contributed by atoms with Gasteiger partial charge in [-0.15, -0.1) is 11.3 Å². The Balaban J connectivity index is 2.17. The maximum atomic E-state index is 11.4. The summed E-state index contributed by atoms with van der Waals surface area (Å²) in [6.07, 6.45) is 0.145. The van der Waals surface area contributed by atoms with Crippen molar-refractivity contribution >= 4 is 33.9 Å². The van der Waals surface area contributed by atoms with E-state index >= 15 is 0 Å². The molecule has 1 aliphatic rings. The van der Waals surface area contributed by atoms with Crippen LogP contribution in [0.15, 0.2) is 6.07 Å². The van der Waals surface area contributed by atoms with Crippen LogP contribution in [-0.2, 0) is 4.74 Å². The highest BCUT2D eigenvalue weighted by Gasteiger charge is 2.31. The second kappa shape index (κ2) is 6.08. The first kappa shape index (κ1) is 15.2. The van der Waals surface area contributed by atoms with Gasteiger partial charge in [-0.2, -0.15) is 0 Å². The Labute approximate surface area is 124 Å². The minimum atomic E-state index is -0.521. The monoisotopic (exact) mass is 313 g/mol. The van der Waals surface area contributed by atoms with Crippen molar-refractivity contribution in [1.82, 2.24) is 5.32 Å². The van der Waals surface area contributed by atoms with E-state index in [0.29, 0.717) is 29.4 Å². The zero-order valence-electron chi connectivity index (χ0n) is 11.6. The van der Waals surface area contributed by atoms with Crippen LogP contribution in [0.5, 0.6) is 0 Å². The number of hydrogen-bond acceptors (Lipinski definition) is 7. The Morgan fingerprint density at radius 3 is 2.86 bits per heavy atom. The highest BCUT2D eigenvalue weighted by atomic mass is 32.1. The van der Waals surface area contributed by atoms with Gasteiger partial charge in [0.2, 0.25) is 0 Å². The predicted octanol–water partition coefficient (Wildman–Crippen LogP) is 1.79. The number of Topliss-reactive ketones (excluding diaryl/α,β-unsaturated/α-hetero) is 1. The number of nitro groups is 1. The van der Waals surface area contributed by atoms with Gasteiger partial charge in [0.05, 0.1) is 23.0 Å². The average molecular weight is 313 g/mol. The summed E-state index contributed by atoms with van der Waals surface area (Å²) in [4.78, 5) is 35.4. The van der Waals surface area contributed by atoms with Crippen molar-refractivity contribution < 1.29 is 19.2 Å². The number of nitrogens with zero attached hydrogens (tertiary/aromatic N) is 2. The van der Waals surface area contributed by atoms with Gasteiger partial charge in [0.25, 0.3) is 0 Å². The van der Waals surface area contributed by atoms with Gasteiger partial charge in [0.1, 0.15) is 0 Å². The van der Waals surface area contributed by atoms with Crippen molar-refractivity contribution in [2.45, 2.75) is 19.4 Å². The van der Waals surface area contributed by atoms with Gasteiger partial charge in [-0.05, 0) is 13.3 Å². The molecule has 1 fully saturated rings. The van der Waals surface area contributed by atoms with Crippen molar-refractivity contribution in [2.75, 3.05) is 25.1 Å². The molecule has 9 heteroatoms. The van der Waals surface area contributed by atoms with E-state index in [-0.39, 0.29) is 17.5 Å². The quantitative estimate of drug-likeness (QED) is 0.516. The first-order chi connectivity index (χ1) is 9.92. The fourth-order valence-corrected chi connectivity index (χ4v) is 3.25. The molecule has 1 N–H and O–H groups in total. The molecule has 0 aliphatic carbocycles. The minimum Gasteiger partial charge on any atom is -0.453 e. The zero-order chi connectivity index (χ0) is 15.6. The highest BCUT2D eigenvalue weighted by Crippen LogP contribution is 2.39. The van der Waals surface area contributed by atoms with Gasteiger partial charge in [-0.3, -0.25) is 14.9 Å². The summed E-state index contributed by atoms with van der Waals surface area (Å²) < 4.78 is 4.53. The van der Waals surface area contributed by atoms with Crippen LogP contribution in [0.3, 0.4) is 0 Å². The lowest BCUT2D eigenvalue weighted by Gasteiger charge is -2.16. The molecular formula is C12H15N3O5S. The Kier molecular flexibility index (Phi) is 4.41. The second-order valence-electron chi connectivity index (χ2n) is 4.68. The number of ether oxygens (including phenoxy) is 1.